The molecule has 5 nitrogen and oxygen atoms in total. The Kier molecular flexibility index (Phi) is 6.40. The third kappa shape index (κ3) is 6.43. The molecule has 6 heteroatoms. The quantitative estimate of drug-likeness (QED) is 0.776. The number of amides is 1. The summed E-state index contributed by atoms with van der Waals surface area (Å²) in [5, 5.41) is 11.2. The highest BCUT2D eigenvalue weighted by atomic mass is 32.2. The van der Waals surface area contributed by atoms with E-state index in [2.05, 4.69) is 17.2 Å². The van der Waals surface area contributed by atoms with Gasteiger partial charge < -0.3 is 10.4 Å². The molecule has 0 fully saturated rings. The summed E-state index contributed by atoms with van der Waals surface area (Å²) in [6.45, 7) is 1.96. The van der Waals surface area contributed by atoms with Crippen molar-refractivity contribution in [3.05, 3.63) is 34.9 Å². The number of carbonyl (C=O) groups is 1. The van der Waals surface area contributed by atoms with Crippen molar-refractivity contribution >= 4 is 15.7 Å². The van der Waals surface area contributed by atoms with E-state index in [-0.39, 0.29) is 24.8 Å². The summed E-state index contributed by atoms with van der Waals surface area (Å²) in [6, 6.07) is 5.09. The van der Waals surface area contributed by atoms with E-state index >= 15 is 0 Å². The molecule has 0 spiro atoms. The smallest absolute Gasteiger partial charge is 0.251 e. The Morgan fingerprint density at radius 2 is 2.10 bits per heavy atom. The van der Waals surface area contributed by atoms with Gasteiger partial charge in [0.1, 0.15) is 9.84 Å². The fraction of sp³-hybridized carbons (Fsp3) is 0.400. The van der Waals surface area contributed by atoms with E-state index in [1.807, 2.05) is 6.92 Å². The van der Waals surface area contributed by atoms with E-state index < -0.39 is 9.84 Å². The number of benzene rings is 1. The van der Waals surface area contributed by atoms with Crippen LogP contribution in [0.3, 0.4) is 0 Å². The second-order valence-corrected chi connectivity index (χ2v) is 6.95. The molecular formula is C15H19NO4S. The largest absolute Gasteiger partial charge is 0.395 e. The number of hydrogen-bond acceptors (Lipinski definition) is 4. The van der Waals surface area contributed by atoms with Crippen LogP contribution in [-0.4, -0.2) is 44.6 Å². The van der Waals surface area contributed by atoms with Crippen molar-refractivity contribution in [2.24, 2.45) is 0 Å². The van der Waals surface area contributed by atoms with Crippen LogP contribution in [0.2, 0.25) is 0 Å². The summed E-state index contributed by atoms with van der Waals surface area (Å²) in [7, 11) is -3.08. The monoisotopic (exact) mass is 309 g/mol. The highest BCUT2D eigenvalue weighted by Gasteiger charge is 2.08. The lowest BCUT2D eigenvalue weighted by Crippen LogP contribution is -2.28. The standard InChI is InChI=1S/C15H19NO4S/c1-12-11-14(7-6-13(12)5-3-4-9-17)15(18)16-8-10-21(2,19)20/h6-7,11,17H,4,8-10H2,1-2H3,(H,16,18). The Morgan fingerprint density at radius 3 is 2.67 bits per heavy atom. The van der Waals surface area contributed by atoms with Gasteiger partial charge in [-0.1, -0.05) is 11.8 Å². The molecule has 0 atom stereocenters. The van der Waals surface area contributed by atoms with Gasteiger partial charge in [-0.05, 0) is 30.7 Å². The molecule has 0 unspecified atom stereocenters. The highest BCUT2D eigenvalue weighted by Crippen LogP contribution is 2.10. The van der Waals surface area contributed by atoms with Crippen LogP contribution in [0.25, 0.3) is 0 Å². The van der Waals surface area contributed by atoms with Crippen LogP contribution in [0.4, 0.5) is 0 Å². The summed E-state index contributed by atoms with van der Waals surface area (Å²) >= 11 is 0. The SMILES string of the molecule is Cc1cc(C(=O)NCCS(C)(=O)=O)ccc1C#CCCO. The Morgan fingerprint density at radius 1 is 1.38 bits per heavy atom. The van der Waals surface area contributed by atoms with Crippen LogP contribution < -0.4 is 5.32 Å². The van der Waals surface area contributed by atoms with Crippen molar-refractivity contribution < 1.29 is 18.3 Å². The number of rotatable bonds is 5. The first kappa shape index (κ1) is 17.2. The maximum atomic E-state index is 11.9. The van der Waals surface area contributed by atoms with Crippen LogP contribution in [0.5, 0.6) is 0 Å². The van der Waals surface area contributed by atoms with E-state index in [9.17, 15) is 13.2 Å². The molecule has 1 rings (SSSR count). The predicted octanol–water partition coefficient (Wildman–Crippen LogP) is 0.503. The van der Waals surface area contributed by atoms with Crippen molar-refractivity contribution in [2.75, 3.05) is 25.2 Å². The number of sulfone groups is 1. The first-order valence-electron chi connectivity index (χ1n) is 6.50. The molecule has 0 aliphatic carbocycles. The highest BCUT2D eigenvalue weighted by molar-refractivity contribution is 7.90. The van der Waals surface area contributed by atoms with Crippen molar-refractivity contribution in [1.29, 1.82) is 0 Å². The van der Waals surface area contributed by atoms with Crippen LogP contribution in [-0.2, 0) is 9.84 Å². The molecular weight excluding hydrogens is 290 g/mol. The number of aliphatic hydroxyl groups is 1. The first-order valence-corrected chi connectivity index (χ1v) is 8.56. The van der Waals surface area contributed by atoms with Gasteiger partial charge in [-0.25, -0.2) is 8.42 Å². The molecule has 0 aliphatic rings. The van der Waals surface area contributed by atoms with Gasteiger partial charge in [0.15, 0.2) is 0 Å². The van der Waals surface area contributed by atoms with Crippen molar-refractivity contribution in [1.82, 2.24) is 5.32 Å². The van der Waals surface area contributed by atoms with Crippen LogP contribution in [0.15, 0.2) is 18.2 Å². The number of aryl methyl sites for hydroxylation is 1. The lowest BCUT2D eigenvalue weighted by atomic mass is 10.0. The van der Waals surface area contributed by atoms with Gasteiger partial charge in [-0.2, -0.15) is 0 Å². The normalized spacial score (nSPS) is 10.6. The zero-order valence-electron chi connectivity index (χ0n) is 12.1. The Bertz CT molecular complexity index is 669. The van der Waals surface area contributed by atoms with Crippen LogP contribution in [0.1, 0.15) is 27.9 Å². The molecule has 0 aromatic heterocycles. The molecule has 1 aromatic rings. The van der Waals surface area contributed by atoms with Crippen LogP contribution >= 0.6 is 0 Å². The van der Waals surface area contributed by atoms with Gasteiger partial charge >= 0.3 is 0 Å². The minimum Gasteiger partial charge on any atom is -0.395 e. The van der Waals surface area contributed by atoms with E-state index in [4.69, 9.17) is 5.11 Å². The Labute approximate surface area is 125 Å². The predicted molar refractivity (Wildman–Crippen MR) is 81.8 cm³/mol. The average molecular weight is 309 g/mol. The fourth-order valence-corrected chi connectivity index (χ4v) is 2.08. The van der Waals surface area contributed by atoms with Gasteiger partial charge in [-0.3, -0.25) is 4.79 Å². The Balaban J connectivity index is 2.71. The van der Waals surface area contributed by atoms with Gasteiger partial charge in [0.05, 0.1) is 12.4 Å². The van der Waals surface area contributed by atoms with Gasteiger partial charge in [-0.15, -0.1) is 0 Å². The van der Waals surface area contributed by atoms with Crippen molar-refractivity contribution in [3.8, 4) is 11.8 Å². The summed E-state index contributed by atoms with van der Waals surface area (Å²) in [5.74, 6) is 5.36. The van der Waals surface area contributed by atoms with Gasteiger partial charge in [0.2, 0.25) is 0 Å². The third-order valence-electron chi connectivity index (χ3n) is 2.71. The van der Waals surface area contributed by atoms with E-state index in [0.29, 0.717) is 12.0 Å². The van der Waals surface area contributed by atoms with Gasteiger partial charge in [0.25, 0.3) is 5.91 Å². The zero-order chi connectivity index (χ0) is 15.9. The minimum atomic E-state index is -3.08. The minimum absolute atomic E-state index is 0.0207. The topological polar surface area (TPSA) is 83.5 Å². The zero-order valence-corrected chi connectivity index (χ0v) is 13.0. The molecule has 21 heavy (non-hydrogen) atoms. The van der Waals surface area contributed by atoms with Crippen molar-refractivity contribution in [2.45, 2.75) is 13.3 Å². The number of aliphatic hydroxyl groups excluding tert-OH is 1. The lowest BCUT2D eigenvalue weighted by Gasteiger charge is -2.06. The molecule has 0 saturated heterocycles. The Hall–Kier alpha value is -1.84. The van der Waals surface area contributed by atoms with E-state index in [1.165, 1.54) is 0 Å². The maximum Gasteiger partial charge on any atom is 0.251 e. The molecule has 0 aliphatic heterocycles. The molecule has 1 amide bonds. The lowest BCUT2D eigenvalue weighted by molar-refractivity contribution is 0.0956. The van der Waals surface area contributed by atoms with Gasteiger partial charge in [0, 0.05) is 30.3 Å². The number of hydrogen-bond donors (Lipinski definition) is 2. The first-order chi connectivity index (χ1) is 9.83. The third-order valence-corrected chi connectivity index (χ3v) is 3.65. The molecule has 0 saturated carbocycles. The number of nitrogens with one attached hydrogen (secondary N) is 1. The van der Waals surface area contributed by atoms with Crippen LogP contribution in [0, 0.1) is 18.8 Å². The molecule has 0 bridgehead atoms. The van der Waals surface area contributed by atoms with E-state index in [1.54, 1.807) is 18.2 Å². The molecule has 0 heterocycles. The van der Waals surface area contributed by atoms with E-state index in [0.717, 1.165) is 17.4 Å². The summed E-state index contributed by atoms with van der Waals surface area (Å²) in [4.78, 5) is 11.9. The molecule has 1 aromatic carbocycles. The molecule has 114 valence electrons. The summed E-state index contributed by atoms with van der Waals surface area (Å²) in [6.07, 6.45) is 1.54. The second kappa shape index (κ2) is 7.81. The second-order valence-electron chi connectivity index (χ2n) is 4.69. The van der Waals surface area contributed by atoms with Crippen molar-refractivity contribution in [3.63, 3.8) is 0 Å². The number of carbonyl (C=O) groups excluding carboxylic acids is 1. The molecule has 0 radical (unpaired) electrons. The molecule has 2 N–H and O–H groups in total. The average Bonchev–Trinajstić information content (AvgIpc) is 2.39. The summed E-state index contributed by atoms with van der Waals surface area (Å²) in [5.41, 5.74) is 2.13. The fourth-order valence-electron chi connectivity index (χ4n) is 1.61. The summed E-state index contributed by atoms with van der Waals surface area (Å²) < 4.78 is 22.0. The maximum absolute atomic E-state index is 11.9.